The van der Waals surface area contributed by atoms with Crippen LogP contribution in [0.5, 0.6) is 0 Å². The summed E-state index contributed by atoms with van der Waals surface area (Å²) < 4.78 is 2.70. The van der Waals surface area contributed by atoms with E-state index >= 15 is 0 Å². The van der Waals surface area contributed by atoms with Crippen molar-refractivity contribution in [2.24, 2.45) is 0 Å². The van der Waals surface area contributed by atoms with Gasteiger partial charge in [-0.3, -0.25) is 0 Å². The molecule has 0 aliphatic rings. The SMILES string of the molecule is O=c1[nH]c2ccccc2n1-c1nc2ccccc2s1. The molecule has 0 saturated carbocycles. The quantitative estimate of drug-likeness (QED) is 0.576. The van der Waals surface area contributed by atoms with Crippen LogP contribution in [0.3, 0.4) is 0 Å². The Bertz CT molecular complexity index is 915. The molecular weight excluding hydrogens is 258 g/mol. The molecule has 19 heavy (non-hydrogen) atoms. The van der Waals surface area contributed by atoms with Gasteiger partial charge in [-0.15, -0.1) is 0 Å². The van der Waals surface area contributed by atoms with Crippen LogP contribution in [0.25, 0.3) is 26.4 Å². The van der Waals surface area contributed by atoms with Crippen molar-refractivity contribution in [2.75, 3.05) is 0 Å². The van der Waals surface area contributed by atoms with Crippen LogP contribution in [0.15, 0.2) is 53.3 Å². The van der Waals surface area contributed by atoms with Gasteiger partial charge in [0.15, 0.2) is 5.13 Å². The molecule has 0 bridgehead atoms. The molecule has 0 aliphatic carbocycles. The van der Waals surface area contributed by atoms with Crippen LogP contribution in [-0.4, -0.2) is 14.5 Å². The summed E-state index contributed by atoms with van der Waals surface area (Å²) in [6, 6.07) is 15.5. The van der Waals surface area contributed by atoms with E-state index in [-0.39, 0.29) is 5.69 Å². The Kier molecular flexibility index (Phi) is 2.10. The molecule has 0 fully saturated rings. The summed E-state index contributed by atoms with van der Waals surface area (Å²) in [5.74, 6) is 0. The minimum Gasteiger partial charge on any atom is -0.305 e. The first-order chi connectivity index (χ1) is 9.33. The predicted octanol–water partition coefficient (Wildman–Crippen LogP) is 2.93. The van der Waals surface area contributed by atoms with Crippen LogP contribution in [0, 0.1) is 0 Å². The lowest BCUT2D eigenvalue weighted by atomic mass is 10.3. The second-order valence-electron chi connectivity index (χ2n) is 4.25. The number of H-pyrrole nitrogens is 1. The van der Waals surface area contributed by atoms with Crippen LogP contribution in [0.4, 0.5) is 0 Å². The van der Waals surface area contributed by atoms with Gasteiger partial charge in [-0.2, -0.15) is 0 Å². The summed E-state index contributed by atoms with van der Waals surface area (Å²) in [5, 5.41) is 0.698. The molecule has 0 amide bonds. The standard InChI is InChI=1S/C14H9N3OS/c18-13-15-9-5-1-3-7-11(9)17(13)14-16-10-6-2-4-8-12(10)19-14/h1-8H,(H,15,18). The van der Waals surface area contributed by atoms with Crippen LogP contribution in [0.2, 0.25) is 0 Å². The second-order valence-corrected chi connectivity index (χ2v) is 5.26. The monoisotopic (exact) mass is 267 g/mol. The number of para-hydroxylation sites is 3. The van der Waals surface area contributed by atoms with Crippen LogP contribution in [0.1, 0.15) is 0 Å². The van der Waals surface area contributed by atoms with Gasteiger partial charge in [-0.05, 0) is 24.3 Å². The van der Waals surface area contributed by atoms with Crippen LogP contribution in [-0.2, 0) is 0 Å². The third-order valence-corrected chi connectivity index (χ3v) is 4.09. The second kappa shape index (κ2) is 3.80. The fourth-order valence-electron chi connectivity index (χ4n) is 2.20. The fourth-order valence-corrected chi connectivity index (χ4v) is 3.18. The average molecular weight is 267 g/mol. The molecule has 0 unspecified atom stereocenters. The molecule has 5 heteroatoms. The Morgan fingerprint density at radius 3 is 2.74 bits per heavy atom. The molecule has 4 rings (SSSR count). The van der Waals surface area contributed by atoms with Crippen molar-refractivity contribution in [1.29, 1.82) is 0 Å². The van der Waals surface area contributed by atoms with E-state index in [0.29, 0.717) is 5.13 Å². The molecule has 2 aromatic heterocycles. The number of imidazole rings is 1. The van der Waals surface area contributed by atoms with Gasteiger partial charge >= 0.3 is 5.69 Å². The molecule has 2 aromatic carbocycles. The third-order valence-electron chi connectivity index (χ3n) is 3.06. The van der Waals surface area contributed by atoms with E-state index in [2.05, 4.69) is 9.97 Å². The van der Waals surface area contributed by atoms with Crippen molar-refractivity contribution in [3.05, 3.63) is 59.0 Å². The molecule has 4 nitrogen and oxygen atoms in total. The van der Waals surface area contributed by atoms with Gasteiger partial charge < -0.3 is 4.98 Å². The fraction of sp³-hybridized carbons (Fsp3) is 0. The summed E-state index contributed by atoms with van der Waals surface area (Å²) in [4.78, 5) is 19.5. The highest BCUT2D eigenvalue weighted by molar-refractivity contribution is 7.20. The van der Waals surface area contributed by atoms with Crippen LogP contribution < -0.4 is 5.69 Å². The van der Waals surface area contributed by atoms with Crippen molar-refractivity contribution in [2.45, 2.75) is 0 Å². The maximum Gasteiger partial charge on any atom is 0.332 e. The molecule has 0 atom stereocenters. The average Bonchev–Trinajstić information content (AvgIpc) is 2.97. The summed E-state index contributed by atoms with van der Waals surface area (Å²) in [5.41, 5.74) is 2.44. The number of nitrogens with zero attached hydrogens (tertiary/aromatic N) is 2. The first-order valence-corrected chi connectivity index (χ1v) is 6.70. The number of fused-ring (bicyclic) bond motifs is 2. The highest BCUT2D eigenvalue weighted by Gasteiger charge is 2.12. The molecular formula is C14H9N3OS. The van der Waals surface area contributed by atoms with E-state index in [9.17, 15) is 4.79 Å². The van der Waals surface area contributed by atoms with Crippen molar-refractivity contribution in [1.82, 2.24) is 14.5 Å². The summed E-state index contributed by atoms with van der Waals surface area (Å²) in [7, 11) is 0. The van der Waals surface area contributed by atoms with Gasteiger partial charge in [0.25, 0.3) is 0 Å². The number of nitrogens with one attached hydrogen (secondary N) is 1. The highest BCUT2D eigenvalue weighted by Crippen LogP contribution is 2.25. The van der Waals surface area contributed by atoms with Gasteiger partial charge in [-0.25, -0.2) is 14.3 Å². The number of aromatic nitrogens is 3. The van der Waals surface area contributed by atoms with Crippen molar-refractivity contribution in [3.63, 3.8) is 0 Å². The zero-order valence-electron chi connectivity index (χ0n) is 9.83. The van der Waals surface area contributed by atoms with Gasteiger partial charge in [0.2, 0.25) is 0 Å². The van der Waals surface area contributed by atoms with E-state index in [0.717, 1.165) is 21.3 Å². The number of thiazole rings is 1. The summed E-state index contributed by atoms with van der Waals surface area (Å²) in [6.07, 6.45) is 0. The molecule has 4 aromatic rings. The number of hydrogen-bond donors (Lipinski definition) is 1. The molecule has 0 radical (unpaired) electrons. The number of hydrogen-bond acceptors (Lipinski definition) is 3. The van der Waals surface area contributed by atoms with Crippen molar-refractivity contribution < 1.29 is 0 Å². The van der Waals surface area contributed by atoms with E-state index in [1.807, 2.05) is 48.5 Å². The predicted molar refractivity (Wildman–Crippen MR) is 77.1 cm³/mol. The first-order valence-electron chi connectivity index (χ1n) is 5.89. The highest BCUT2D eigenvalue weighted by atomic mass is 32.1. The molecule has 0 spiro atoms. The van der Waals surface area contributed by atoms with Gasteiger partial charge in [0.05, 0.1) is 21.3 Å². The van der Waals surface area contributed by atoms with Crippen molar-refractivity contribution in [3.8, 4) is 5.13 Å². The summed E-state index contributed by atoms with van der Waals surface area (Å²) in [6.45, 7) is 0. The molecule has 1 N–H and O–H groups in total. The Hall–Kier alpha value is -2.40. The smallest absolute Gasteiger partial charge is 0.305 e. The Morgan fingerprint density at radius 1 is 1.05 bits per heavy atom. The van der Waals surface area contributed by atoms with Crippen LogP contribution >= 0.6 is 11.3 Å². The van der Waals surface area contributed by atoms with E-state index in [4.69, 9.17) is 0 Å². The lowest BCUT2D eigenvalue weighted by Gasteiger charge is -1.96. The van der Waals surface area contributed by atoms with Gasteiger partial charge in [-0.1, -0.05) is 35.6 Å². The number of aromatic amines is 1. The maximum absolute atomic E-state index is 12.1. The number of rotatable bonds is 1. The molecule has 0 aliphatic heterocycles. The Balaban J connectivity index is 2.09. The molecule has 0 saturated heterocycles. The van der Waals surface area contributed by atoms with E-state index in [1.165, 1.54) is 11.3 Å². The third kappa shape index (κ3) is 1.52. The Labute approximate surface area is 112 Å². The largest absolute Gasteiger partial charge is 0.332 e. The molecule has 92 valence electrons. The van der Waals surface area contributed by atoms with Gasteiger partial charge in [0, 0.05) is 0 Å². The first kappa shape index (κ1) is 10.5. The minimum atomic E-state index is -0.153. The van der Waals surface area contributed by atoms with Crippen molar-refractivity contribution >= 4 is 32.6 Å². The zero-order chi connectivity index (χ0) is 12.8. The minimum absolute atomic E-state index is 0.153. The zero-order valence-corrected chi connectivity index (χ0v) is 10.6. The normalized spacial score (nSPS) is 11.4. The maximum atomic E-state index is 12.1. The topological polar surface area (TPSA) is 50.7 Å². The Morgan fingerprint density at radius 2 is 1.84 bits per heavy atom. The molecule has 2 heterocycles. The van der Waals surface area contributed by atoms with Gasteiger partial charge in [0.1, 0.15) is 0 Å². The van der Waals surface area contributed by atoms with E-state index < -0.39 is 0 Å². The summed E-state index contributed by atoms with van der Waals surface area (Å²) >= 11 is 1.52. The van der Waals surface area contributed by atoms with E-state index in [1.54, 1.807) is 4.57 Å². The lowest BCUT2D eigenvalue weighted by Crippen LogP contribution is -2.14. The lowest BCUT2D eigenvalue weighted by molar-refractivity contribution is 1.00. The number of benzene rings is 2.